The number of aromatic nitrogens is 2. The Morgan fingerprint density at radius 2 is 2.17 bits per heavy atom. The lowest BCUT2D eigenvalue weighted by Crippen LogP contribution is -2.37. The molecule has 30 heavy (non-hydrogen) atoms. The van der Waals surface area contributed by atoms with Gasteiger partial charge < -0.3 is 15.6 Å². The van der Waals surface area contributed by atoms with Crippen LogP contribution in [0.4, 0.5) is 10.2 Å². The van der Waals surface area contributed by atoms with Crippen LogP contribution in [0.3, 0.4) is 0 Å². The molecule has 7 heteroatoms. The van der Waals surface area contributed by atoms with Crippen molar-refractivity contribution in [2.24, 2.45) is 5.92 Å². The molecule has 2 aromatic heterocycles. The lowest BCUT2D eigenvalue weighted by molar-refractivity contribution is 0.473. The SMILES string of the molecule is CN/C=C(\C=N)C1CCCN(c2cc(-c3ccc(Cl)cc3F)c3cccnc3n2)C1. The third-order valence-electron chi connectivity index (χ3n) is 5.49. The van der Waals surface area contributed by atoms with Gasteiger partial charge in [-0.15, -0.1) is 0 Å². The zero-order valence-corrected chi connectivity index (χ0v) is 17.5. The van der Waals surface area contributed by atoms with Crippen molar-refractivity contribution in [2.75, 3.05) is 25.0 Å². The molecule has 1 aromatic carbocycles. The van der Waals surface area contributed by atoms with Crippen molar-refractivity contribution in [1.82, 2.24) is 15.3 Å². The molecule has 154 valence electrons. The number of pyridine rings is 2. The average Bonchev–Trinajstić information content (AvgIpc) is 2.77. The van der Waals surface area contributed by atoms with E-state index in [1.165, 1.54) is 12.3 Å². The van der Waals surface area contributed by atoms with Gasteiger partial charge in [-0.05, 0) is 60.4 Å². The summed E-state index contributed by atoms with van der Waals surface area (Å²) in [7, 11) is 1.84. The predicted octanol–water partition coefficient (Wildman–Crippen LogP) is 5.06. The standard InChI is InChI=1S/C23H23ClFN5/c1-27-13-16(12-26)15-4-3-9-30(14-15)22-11-20(18-7-6-17(24)10-21(18)25)19-5-2-8-28-23(19)29-22/h2,5-8,10-13,15,26-27H,3-4,9,14H2,1H3/b16-13+,26-12?. The van der Waals surface area contributed by atoms with Crippen LogP contribution >= 0.6 is 11.6 Å². The summed E-state index contributed by atoms with van der Waals surface area (Å²) in [5.74, 6) is 0.633. The van der Waals surface area contributed by atoms with E-state index in [4.69, 9.17) is 22.0 Å². The second-order valence-corrected chi connectivity index (χ2v) is 7.83. The highest BCUT2D eigenvalue weighted by Crippen LogP contribution is 2.35. The lowest BCUT2D eigenvalue weighted by Gasteiger charge is -2.34. The van der Waals surface area contributed by atoms with Crippen molar-refractivity contribution >= 4 is 34.7 Å². The smallest absolute Gasteiger partial charge is 0.162 e. The fourth-order valence-corrected chi connectivity index (χ4v) is 4.20. The molecule has 1 aliphatic rings. The molecule has 1 aliphatic heterocycles. The molecule has 3 heterocycles. The number of piperidine rings is 1. The Kier molecular flexibility index (Phi) is 5.95. The van der Waals surface area contributed by atoms with Crippen LogP contribution in [-0.2, 0) is 0 Å². The van der Waals surface area contributed by atoms with Crippen molar-refractivity contribution in [1.29, 1.82) is 5.41 Å². The van der Waals surface area contributed by atoms with Crippen LogP contribution in [0.25, 0.3) is 22.2 Å². The fourth-order valence-electron chi connectivity index (χ4n) is 4.04. The van der Waals surface area contributed by atoms with Crippen LogP contribution in [-0.4, -0.2) is 36.3 Å². The Balaban J connectivity index is 1.78. The Hall–Kier alpha value is -2.99. The number of anilines is 1. The largest absolute Gasteiger partial charge is 0.394 e. The first-order chi connectivity index (χ1) is 14.6. The number of fused-ring (bicyclic) bond motifs is 1. The number of hydrogen-bond acceptors (Lipinski definition) is 5. The molecule has 0 aliphatic carbocycles. The maximum atomic E-state index is 14.8. The van der Waals surface area contributed by atoms with Crippen LogP contribution in [0, 0.1) is 17.1 Å². The van der Waals surface area contributed by atoms with Gasteiger partial charge in [-0.3, -0.25) is 0 Å². The zero-order valence-electron chi connectivity index (χ0n) is 16.7. The molecule has 1 unspecified atom stereocenters. The van der Waals surface area contributed by atoms with Gasteiger partial charge in [0.25, 0.3) is 0 Å². The second kappa shape index (κ2) is 8.79. The van der Waals surface area contributed by atoms with E-state index >= 15 is 0 Å². The molecule has 3 aromatic rings. The van der Waals surface area contributed by atoms with Crippen LogP contribution in [0.5, 0.6) is 0 Å². The number of hydrogen-bond donors (Lipinski definition) is 2. The first-order valence-corrected chi connectivity index (χ1v) is 10.3. The molecule has 1 fully saturated rings. The van der Waals surface area contributed by atoms with Crippen LogP contribution in [0.15, 0.2) is 54.4 Å². The summed E-state index contributed by atoms with van der Waals surface area (Å²) in [5.41, 5.74) is 2.77. The van der Waals surface area contributed by atoms with Gasteiger partial charge in [0, 0.05) is 60.6 Å². The Bertz CT molecular complexity index is 1110. The van der Waals surface area contributed by atoms with Gasteiger partial charge >= 0.3 is 0 Å². The maximum Gasteiger partial charge on any atom is 0.162 e. The van der Waals surface area contributed by atoms with E-state index in [-0.39, 0.29) is 11.7 Å². The van der Waals surface area contributed by atoms with E-state index in [1.807, 2.05) is 31.4 Å². The van der Waals surface area contributed by atoms with E-state index in [2.05, 4.69) is 15.2 Å². The van der Waals surface area contributed by atoms with Crippen molar-refractivity contribution in [2.45, 2.75) is 12.8 Å². The molecular formula is C23H23ClFN5. The summed E-state index contributed by atoms with van der Waals surface area (Å²) in [4.78, 5) is 11.4. The minimum Gasteiger partial charge on any atom is -0.394 e. The summed E-state index contributed by atoms with van der Waals surface area (Å²) in [5, 5.41) is 11.9. The van der Waals surface area contributed by atoms with Gasteiger partial charge in [-0.1, -0.05) is 11.6 Å². The second-order valence-electron chi connectivity index (χ2n) is 7.39. The minimum atomic E-state index is -0.371. The first-order valence-electron chi connectivity index (χ1n) is 9.94. The molecule has 4 rings (SSSR count). The number of rotatable bonds is 5. The Labute approximate surface area is 180 Å². The van der Waals surface area contributed by atoms with Crippen LogP contribution in [0.2, 0.25) is 5.02 Å². The minimum absolute atomic E-state index is 0.237. The average molecular weight is 424 g/mol. The Morgan fingerprint density at radius 1 is 1.30 bits per heavy atom. The molecule has 2 N–H and O–H groups in total. The molecule has 0 radical (unpaired) electrons. The van der Waals surface area contributed by atoms with Gasteiger partial charge in [0.1, 0.15) is 11.6 Å². The van der Waals surface area contributed by atoms with E-state index in [9.17, 15) is 4.39 Å². The molecule has 5 nitrogen and oxygen atoms in total. The number of benzene rings is 1. The summed E-state index contributed by atoms with van der Waals surface area (Å²) in [6, 6.07) is 10.4. The van der Waals surface area contributed by atoms with Crippen molar-refractivity contribution in [3.05, 3.63) is 65.2 Å². The van der Waals surface area contributed by atoms with Crippen LogP contribution in [0.1, 0.15) is 12.8 Å². The monoisotopic (exact) mass is 423 g/mol. The fraction of sp³-hybridized carbons (Fsp3) is 0.261. The normalized spacial score (nSPS) is 17.2. The van der Waals surface area contributed by atoms with Gasteiger partial charge in [0.2, 0.25) is 0 Å². The molecule has 0 spiro atoms. The molecule has 0 saturated carbocycles. The van der Waals surface area contributed by atoms with Gasteiger partial charge in [-0.25, -0.2) is 14.4 Å². The van der Waals surface area contributed by atoms with E-state index in [0.717, 1.165) is 48.3 Å². The third kappa shape index (κ3) is 4.00. The number of halogens is 2. The highest BCUT2D eigenvalue weighted by Gasteiger charge is 2.24. The summed E-state index contributed by atoms with van der Waals surface area (Å²) >= 11 is 5.96. The maximum absolute atomic E-state index is 14.8. The van der Waals surface area contributed by atoms with Gasteiger partial charge in [-0.2, -0.15) is 0 Å². The first kappa shape index (κ1) is 20.3. The summed E-state index contributed by atoms with van der Waals surface area (Å²) in [6.45, 7) is 1.60. The van der Waals surface area contributed by atoms with Gasteiger partial charge in [0.05, 0.1) is 0 Å². The van der Waals surface area contributed by atoms with E-state index in [1.54, 1.807) is 18.3 Å². The Morgan fingerprint density at radius 3 is 2.93 bits per heavy atom. The van der Waals surface area contributed by atoms with Crippen molar-refractivity contribution in [3.63, 3.8) is 0 Å². The highest BCUT2D eigenvalue weighted by atomic mass is 35.5. The molecular weight excluding hydrogens is 401 g/mol. The van der Waals surface area contributed by atoms with E-state index < -0.39 is 0 Å². The van der Waals surface area contributed by atoms with Gasteiger partial charge in [0.15, 0.2) is 5.65 Å². The number of nitrogens with zero attached hydrogens (tertiary/aromatic N) is 3. The quantitative estimate of drug-likeness (QED) is 0.563. The summed E-state index contributed by atoms with van der Waals surface area (Å²) < 4.78 is 14.8. The molecule has 0 bridgehead atoms. The lowest BCUT2D eigenvalue weighted by atomic mass is 9.91. The highest BCUT2D eigenvalue weighted by molar-refractivity contribution is 6.30. The topological polar surface area (TPSA) is 64.9 Å². The molecule has 0 amide bonds. The molecule has 1 atom stereocenters. The number of nitrogens with one attached hydrogen (secondary N) is 2. The van der Waals surface area contributed by atoms with Crippen molar-refractivity contribution < 1.29 is 4.39 Å². The van der Waals surface area contributed by atoms with E-state index in [0.29, 0.717) is 16.2 Å². The zero-order chi connectivity index (χ0) is 21.1. The van der Waals surface area contributed by atoms with Crippen molar-refractivity contribution in [3.8, 4) is 11.1 Å². The summed E-state index contributed by atoms with van der Waals surface area (Å²) in [6.07, 6.45) is 7.00. The third-order valence-corrected chi connectivity index (χ3v) is 5.72. The molecule has 1 saturated heterocycles. The predicted molar refractivity (Wildman–Crippen MR) is 121 cm³/mol. The van der Waals surface area contributed by atoms with Crippen LogP contribution < -0.4 is 10.2 Å².